The van der Waals surface area contributed by atoms with Crippen LogP contribution in [0.5, 0.6) is 0 Å². The maximum Gasteiger partial charge on any atom is 0.323 e. The minimum atomic E-state index is -0.611. The summed E-state index contributed by atoms with van der Waals surface area (Å²) in [4.78, 5) is 17.8. The molecule has 1 aromatic rings. The number of esters is 1. The molecule has 72 valence electrons. The first-order valence-corrected chi connectivity index (χ1v) is 4.13. The van der Waals surface area contributed by atoms with Gasteiger partial charge in [-0.25, -0.2) is 4.98 Å². The number of imidazole rings is 1. The first-order chi connectivity index (χ1) is 6.24. The lowest BCUT2D eigenvalue weighted by atomic mass is 10.2. The van der Waals surface area contributed by atoms with E-state index in [1.54, 1.807) is 19.4 Å². The van der Waals surface area contributed by atoms with Gasteiger partial charge in [0.05, 0.1) is 12.9 Å². The summed E-state index contributed by atoms with van der Waals surface area (Å²) < 4.78 is 4.75. The SMILES string of the molecule is CCOC(=O)[C@@H](N)Cc1cnc[nH]1. The Morgan fingerprint density at radius 3 is 3.15 bits per heavy atom. The van der Waals surface area contributed by atoms with Gasteiger partial charge >= 0.3 is 5.97 Å². The van der Waals surface area contributed by atoms with Crippen LogP contribution in [0.2, 0.25) is 0 Å². The van der Waals surface area contributed by atoms with Crippen LogP contribution in [0.25, 0.3) is 0 Å². The fourth-order valence-electron chi connectivity index (χ4n) is 0.966. The summed E-state index contributed by atoms with van der Waals surface area (Å²) >= 11 is 0. The topological polar surface area (TPSA) is 81.0 Å². The zero-order chi connectivity index (χ0) is 9.68. The van der Waals surface area contributed by atoms with Crippen LogP contribution < -0.4 is 5.73 Å². The molecule has 0 aromatic carbocycles. The Balaban J connectivity index is 2.41. The van der Waals surface area contributed by atoms with Crippen LogP contribution in [0.1, 0.15) is 12.6 Å². The summed E-state index contributed by atoms with van der Waals surface area (Å²) in [6.45, 7) is 2.11. The molecule has 0 aliphatic heterocycles. The maximum absolute atomic E-state index is 11.1. The van der Waals surface area contributed by atoms with E-state index in [1.807, 2.05) is 0 Å². The summed E-state index contributed by atoms with van der Waals surface area (Å²) in [6, 6.07) is -0.611. The molecule has 0 radical (unpaired) electrons. The van der Waals surface area contributed by atoms with Gasteiger partial charge < -0.3 is 15.5 Å². The Kier molecular flexibility index (Phi) is 3.45. The number of rotatable bonds is 4. The smallest absolute Gasteiger partial charge is 0.323 e. The highest BCUT2D eigenvalue weighted by Crippen LogP contribution is 1.97. The second-order valence-electron chi connectivity index (χ2n) is 2.64. The molecule has 0 aliphatic carbocycles. The number of aromatic nitrogens is 2. The third kappa shape index (κ3) is 2.87. The zero-order valence-corrected chi connectivity index (χ0v) is 7.49. The Labute approximate surface area is 76.3 Å². The third-order valence-electron chi connectivity index (χ3n) is 1.58. The molecule has 0 amide bonds. The molecule has 0 aliphatic rings. The highest BCUT2D eigenvalue weighted by atomic mass is 16.5. The summed E-state index contributed by atoms with van der Waals surface area (Å²) in [5, 5.41) is 0. The Hall–Kier alpha value is -1.36. The lowest BCUT2D eigenvalue weighted by Crippen LogP contribution is -2.34. The summed E-state index contributed by atoms with van der Waals surface area (Å²) in [7, 11) is 0. The van der Waals surface area contributed by atoms with E-state index in [0.717, 1.165) is 5.69 Å². The number of nitrogens with zero attached hydrogens (tertiary/aromatic N) is 1. The van der Waals surface area contributed by atoms with Crippen LogP contribution in [0.4, 0.5) is 0 Å². The molecule has 13 heavy (non-hydrogen) atoms. The van der Waals surface area contributed by atoms with Crippen molar-refractivity contribution >= 4 is 5.97 Å². The monoisotopic (exact) mass is 183 g/mol. The van der Waals surface area contributed by atoms with Gasteiger partial charge in [-0.15, -0.1) is 0 Å². The number of nitrogens with one attached hydrogen (secondary N) is 1. The predicted molar refractivity (Wildman–Crippen MR) is 46.9 cm³/mol. The molecule has 1 aromatic heterocycles. The predicted octanol–water partition coefficient (Wildman–Crippen LogP) is -0.157. The fourth-order valence-corrected chi connectivity index (χ4v) is 0.966. The van der Waals surface area contributed by atoms with Crippen LogP contribution in [-0.4, -0.2) is 28.6 Å². The minimum Gasteiger partial charge on any atom is -0.465 e. The lowest BCUT2D eigenvalue weighted by molar-refractivity contribution is -0.144. The number of hydrogen-bond donors (Lipinski definition) is 2. The van der Waals surface area contributed by atoms with Gasteiger partial charge in [-0.05, 0) is 6.92 Å². The second-order valence-corrected chi connectivity index (χ2v) is 2.64. The van der Waals surface area contributed by atoms with Crippen molar-refractivity contribution in [2.24, 2.45) is 5.73 Å². The molecule has 0 spiro atoms. The molecule has 0 saturated carbocycles. The van der Waals surface area contributed by atoms with E-state index in [2.05, 4.69) is 9.97 Å². The number of carbonyl (C=O) groups is 1. The summed E-state index contributed by atoms with van der Waals surface area (Å²) in [5.74, 6) is -0.378. The molecule has 0 unspecified atom stereocenters. The van der Waals surface area contributed by atoms with Gasteiger partial charge in [-0.1, -0.05) is 0 Å². The Morgan fingerprint density at radius 2 is 2.62 bits per heavy atom. The number of nitrogens with two attached hydrogens (primary N) is 1. The van der Waals surface area contributed by atoms with E-state index in [4.69, 9.17) is 10.5 Å². The Bertz CT molecular complexity index is 258. The normalized spacial score (nSPS) is 12.5. The lowest BCUT2D eigenvalue weighted by Gasteiger charge is -2.08. The molecular weight excluding hydrogens is 170 g/mol. The van der Waals surface area contributed by atoms with E-state index < -0.39 is 6.04 Å². The Morgan fingerprint density at radius 1 is 1.85 bits per heavy atom. The average molecular weight is 183 g/mol. The molecule has 5 nitrogen and oxygen atoms in total. The molecule has 3 N–H and O–H groups in total. The zero-order valence-electron chi connectivity index (χ0n) is 7.49. The first-order valence-electron chi connectivity index (χ1n) is 4.13. The third-order valence-corrected chi connectivity index (χ3v) is 1.58. The molecular formula is C8H13N3O2. The fraction of sp³-hybridized carbons (Fsp3) is 0.500. The van der Waals surface area contributed by atoms with Crippen molar-refractivity contribution in [3.8, 4) is 0 Å². The molecule has 5 heteroatoms. The van der Waals surface area contributed by atoms with Gasteiger partial charge in [0, 0.05) is 18.3 Å². The number of H-pyrrole nitrogens is 1. The van der Waals surface area contributed by atoms with Crippen molar-refractivity contribution in [3.05, 3.63) is 18.2 Å². The molecule has 1 rings (SSSR count). The molecule has 1 atom stereocenters. The molecule has 0 fully saturated rings. The van der Waals surface area contributed by atoms with E-state index in [9.17, 15) is 4.79 Å². The van der Waals surface area contributed by atoms with Crippen LogP contribution >= 0.6 is 0 Å². The van der Waals surface area contributed by atoms with Gasteiger partial charge in [0.1, 0.15) is 6.04 Å². The summed E-state index contributed by atoms with van der Waals surface area (Å²) in [6.07, 6.45) is 3.62. The summed E-state index contributed by atoms with van der Waals surface area (Å²) in [5.41, 5.74) is 6.41. The van der Waals surface area contributed by atoms with Crippen molar-refractivity contribution < 1.29 is 9.53 Å². The highest BCUT2D eigenvalue weighted by Gasteiger charge is 2.15. The number of hydrogen-bond acceptors (Lipinski definition) is 4. The van der Waals surface area contributed by atoms with Crippen LogP contribution in [0.3, 0.4) is 0 Å². The standard InChI is InChI=1S/C8H13N3O2/c1-2-13-8(12)7(9)3-6-4-10-5-11-6/h4-5,7H,2-3,9H2,1H3,(H,10,11)/t7-/m0/s1. The maximum atomic E-state index is 11.1. The molecule has 0 bridgehead atoms. The van der Waals surface area contributed by atoms with E-state index >= 15 is 0 Å². The quantitative estimate of drug-likeness (QED) is 0.636. The van der Waals surface area contributed by atoms with E-state index in [-0.39, 0.29) is 5.97 Å². The van der Waals surface area contributed by atoms with Crippen LogP contribution in [-0.2, 0) is 16.0 Å². The first kappa shape index (κ1) is 9.73. The van der Waals surface area contributed by atoms with Gasteiger partial charge in [0.2, 0.25) is 0 Å². The van der Waals surface area contributed by atoms with Crippen molar-refractivity contribution in [2.45, 2.75) is 19.4 Å². The van der Waals surface area contributed by atoms with Crippen molar-refractivity contribution in [1.29, 1.82) is 0 Å². The highest BCUT2D eigenvalue weighted by molar-refractivity contribution is 5.75. The van der Waals surface area contributed by atoms with E-state index in [0.29, 0.717) is 13.0 Å². The van der Waals surface area contributed by atoms with Crippen molar-refractivity contribution in [2.75, 3.05) is 6.61 Å². The number of ether oxygens (including phenoxy) is 1. The van der Waals surface area contributed by atoms with Crippen molar-refractivity contribution in [3.63, 3.8) is 0 Å². The second kappa shape index (κ2) is 4.61. The van der Waals surface area contributed by atoms with Crippen LogP contribution in [0.15, 0.2) is 12.5 Å². The van der Waals surface area contributed by atoms with Crippen molar-refractivity contribution in [1.82, 2.24) is 9.97 Å². The van der Waals surface area contributed by atoms with Gasteiger partial charge in [0.25, 0.3) is 0 Å². The molecule has 0 saturated heterocycles. The van der Waals surface area contributed by atoms with Gasteiger partial charge in [0.15, 0.2) is 0 Å². The molecule has 1 heterocycles. The largest absolute Gasteiger partial charge is 0.465 e. The van der Waals surface area contributed by atoms with Gasteiger partial charge in [-0.2, -0.15) is 0 Å². The average Bonchev–Trinajstić information content (AvgIpc) is 2.57. The van der Waals surface area contributed by atoms with E-state index in [1.165, 1.54) is 0 Å². The number of aromatic amines is 1. The van der Waals surface area contributed by atoms with Crippen LogP contribution in [0, 0.1) is 0 Å². The minimum absolute atomic E-state index is 0.357. The van der Waals surface area contributed by atoms with Gasteiger partial charge in [-0.3, -0.25) is 4.79 Å². The number of carbonyl (C=O) groups excluding carboxylic acids is 1.